The van der Waals surface area contributed by atoms with Crippen molar-refractivity contribution in [1.82, 2.24) is 14.7 Å². The SMILES string of the molecule is Cc1ccc(Oc2nc3c(C)cccn3c(=O)c2/C=C(\C#N)C(=O)NCc2ccco2)cc1. The Morgan fingerprint density at radius 3 is 2.70 bits per heavy atom. The van der Waals surface area contributed by atoms with Gasteiger partial charge < -0.3 is 14.5 Å². The lowest BCUT2D eigenvalue weighted by molar-refractivity contribution is -0.117. The Labute approximate surface area is 189 Å². The number of amides is 1. The number of nitrogens with one attached hydrogen (secondary N) is 1. The smallest absolute Gasteiger partial charge is 0.269 e. The van der Waals surface area contributed by atoms with Crippen LogP contribution >= 0.6 is 0 Å². The number of nitrogens with zero attached hydrogens (tertiary/aromatic N) is 3. The minimum absolute atomic E-state index is 0.00439. The molecule has 0 saturated heterocycles. The predicted molar refractivity (Wildman–Crippen MR) is 122 cm³/mol. The van der Waals surface area contributed by atoms with E-state index in [0.717, 1.165) is 11.1 Å². The molecule has 0 spiro atoms. The molecule has 0 radical (unpaired) electrons. The van der Waals surface area contributed by atoms with Crippen molar-refractivity contribution in [1.29, 1.82) is 5.26 Å². The molecule has 1 amide bonds. The summed E-state index contributed by atoms with van der Waals surface area (Å²) in [5.41, 5.74) is 1.51. The highest BCUT2D eigenvalue weighted by atomic mass is 16.5. The zero-order valence-corrected chi connectivity index (χ0v) is 18.0. The fraction of sp³-hybridized carbons (Fsp3) is 0.120. The maximum absolute atomic E-state index is 13.3. The molecule has 1 N–H and O–H groups in total. The minimum Gasteiger partial charge on any atom is -0.467 e. The maximum Gasteiger partial charge on any atom is 0.269 e. The van der Waals surface area contributed by atoms with Gasteiger partial charge in [0.1, 0.15) is 34.4 Å². The van der Waals surface area contributed by atoms with Crippen LogP contribution in [0.15, 0.2) is 75.8 Å². The van der Waals surface area contributed by atoms with Crippen molar-refractivity contribution >= 4 is 17.6 Å². The van der Waals surface area contributed by atoms with Crippen molar-refractivity contribution in [2.24, 2.45) is 0 Å². The van der Waals surface area contributed by atoms with Crippen molar-refractivity contribution in [3.05, 3.63) is 99.4 Å². The van der Waals surface area contributed by atoms with Gasteiger partial charge in [-0.2, -0.15) is 10.2 Å². The van der Waals surface area contributed by atoms with Gasteiger partial charge in [-0.3, -0.25) is 14.0 Å². The molecule has 164 valence electrons. The molecule has 0 aliphatic carbocycles. The first-order valence-electron chi connectivity index (χ1n) is 10.1. The van der Waals surface area contributed by atoms with Crippen LogP contribution in [0.4, 0.5) is 0 Å². The van der Waals surface area contributed by atoms with E-state index in [1.54, 1.807) is 36.5 Å². The molecule has 8 heteroatoms. The van der Waals surface area contributed by atoms with E-state index in [-0.39, 0.29) is 23.6 Å². The van der Waals surface area contributed by atoms with E-state index in [2.05, 4.69) is 10.3 Å². The third-order valence-corrected chi connectivity index (χ3v) is 4.94. The van der Waals surface area contributed by atoms with E-state index in [1.807, 2.05) is 38.1 Å². The molecular weight excluding hydrogens is 420 g/mol. The molecule has 0 unspecified atom stereocenters. The van der Waals surface area contributed by atoms with Crippen LogP contribution in [-0.2, 0) is 11.3 Å². The highest BCUT2D eigenvalue weighted by Crippen LogP contribution is 2.25. The monoisotopic (exact) mass is 440 g/mol. The topological polar surface area (TPSA) is 110 Å². The lowest BCUT2D eigenvalue weighted by atomic mass is 10.1. The fourth-order valence-corrected chi connectivity index (χ4v) is 3.18. The third-order valence-electron chi connectivity index (χ3n) is 4.94. The Morgan fingerprint density at radius 1 is 1.21 bits per heavy atom. The van der Waals surface area contributed by atoms with Crippen molar-refractivity contribution in [2.75, 3.05) is 0 Å². The number of hydrogen-bond donors (Lipinski definition) is 1. The second-order valence-corrected chi connectivity index (χ2v) is 7.37. The van der Waals surface area contributed by atoms with Crippen molar-refractivity contribution in [3.63, 3.8) is 0 Å². The molecule has 4 aromatic rings. The highest BCUT2D eigenvalue weighted by molar-refractivity contribution is 6.01. The number of aryl methyl sites for hydroxylation is 2. The zero-order chi connectivity index (χ0) is 23.4. The molecule has 0 aliphatic rings. The average molecular weight is 440 g/mol. The molecule has 0 saturated carbocycles. The van der Waals surface area contributed by atoms with Crippen LogP contribution < -0.4 is 15.6 Å². The number of aromatic nitrogens is 2. The number of fused-ring (bicyclic) bond motifs is 1. The number of ether oxygens (including phenoxy) is 1. The first-order chi connectivity index (χ1) is 16.0. The third kappa shape index (κ3) is 4.67. The number of nitriles is 1. The Balaban J connectivity index is 1.79. The average Bonchev–Trinajstić information content (AvgIpc) is 3.33. The van der Waals surface area contributed by atoms with E-state index in [9.17, 15) is 14.9 Å². The summed E-state index contributed by atoms with van der Waals surface area (Å²) in [7, 11) is 0. The van der Waals surface area contributed by atoms with Gasteiger partial charge in [0.2, 0.25) is 5.88 Å². The summed E-state index contributed by atoms with van der Waals surface area (Å²) in [5, 5.41) is 12.2. The lowest BCUT2D eigenvalue weighted by Crippen LogP contribution is -2.25. The zero-order valence-electron chi connectivity index (χ0n) is 18.0. The number of hydrogen-bond acceptors (Lipinski definition) is 6. The van der Waals surface area contributed by atoms with Gasteiger partial charge in [-0.05, 0) is 55.8 Å². The Bertz CT molecular complexity index is 1440. The molecule has 33 heavy (non-hydrogen) atoms. The number of benzene rings is 1. The summed E-state index contributed by atoms with van der Waals surface area (Å²) < 4.78 is 12.5. The molecule has 4 rings (SSSR count). The lowest BCUT2D eigenvalue weighted by Gasteiger charge is -2.11. The van der Waals surface area contributed by atoms with Crippen molar-refractivity contribution in [2.45, 2.75) is 20.4 Å². The molecule has 0 atom stereocenters. The van der Waals surface area contributed by atoms with E-state index >= 15 is 0 Å². The Kier molecular flexibility index (Phi) is 6.04. The first-order valence-corrected chi connectivity index (χ1v) is 10.1. The van der Waals surface area contributed by atoms with E-state index in [1.165, 1.54) is 16.7 Å². The van der Waals surface area contributed by atoms with Crippen LogP contribution in [-0.4, -0.2) is 15.3 Å². The highest BCUT2D eigenvalue weighted by Gasteiger charge is 2.18. The summed E-state index contributed by atoms with van der Waals surface area (Å²) in [6.45, 7) is 3.88. The number of pyridine rings is 1. The maximum atomic E-state index is 13.3. The number of carbonyl (C=O) groups is 1. The first kappa shape index (κ1) is 21.6. The van der Waals surface area contributed by atoms with Crippen LogP contribution in [0, 0.1) is 25.2 Å². The summed E-state index contributed by atoms with van der Waals surface area (Å²) in [5.74, 6) is 0.362. The number of carbonyl (C=O) groups excluding carboxylic acids is 1. The molecule has 8 nitrogen and oxygen atoms in total. The molecule has 1 aromatic carbocycles. The van der Waals surface area contributed by atoms with Crippen molar-refractivity contribution in [3.8, 4) is 17.7 Å². The molecule has 0 aliphatic heterocycles. The predicted octanol–water partition coefficient (Wildman–Crippen LogP) is 3.92. The van der Waals surface area contributed by atoms with Crippen molar-refractivity contribution < 1.29 is 13.9 Å². The van der Waals surface area contributed by atoms with Gasteiger partial charge in [-0.1, -0.05) is 23.8 Å². The van der Waals surface area contributed by atoms with E-state index in [0.29, 0.717) is 17.2 Å². The van der Waals surface area contributed by atoms with Crippen LogP contribution in [0.3, 0.4) is 0 Å². The van der Waals surface area contributed by atoms with E-state index < -0.39 is 11.5 Å². The second kappa shape index (κ2) is 9.24. The molecule has 0 bridgehead atoms. The van der Waals surface area contributed by atoms with Gasteiger partial charge in [-0.25, -0.2) is 0 Å². The fourth-order valence-electron chi connectivity index (χ4n) is 3.18. The van der Waals surface area contributed by atoms with Gasteiger partial charge in [0.15, 0.2) is 0 Å². The summed E-state index contributed by atoms with van der Waals surface area (Å²) in [4.78, 5) is 30.4. The van der Waals surface area contributed by atoms with E-state index in [4.69, 9.17) is 9.15 Å². The van der Waals surface area contributed by atoms with Gasteiger partial charge in [0.25, 0.3) is 11.5 Å². The molecule has 3 heterocycles. The standard InChI is InChI=1S/C25H20N4O4/c1-16-7-9-19(10-8-16)33-24-21(25(31)29-11-3-5-17(2)22(29)28-24)13-18(14-26)23(30)27-15-20-6-4-12-32-20/h3-13H,15H2,1-2H3,(H,27,30)/b18-13+. The quantitative estimate of drug-likeness (QED) is 0.359. The molecule has 3 aromatic heterocycles. The largest absolute Gasteiger partial charge is 0.467 e. The summed E-state index contributed by atoms with van der Waals surface area (Å²) in [6.07, 6.45) is 4.26. The summed E-state index contributed by atoms with van der Waals surface area (Å²) >= 11 is 0. The van der Waals surface area contributed by atoms with Crippen LogP contribution in [0.2, 0.25) is 0 Å². The van der Waals surface area contributed by atoms with Crippen LogP contribution in [0.25, 0.3) is 11.7 Å². The van der Waals surface area contributed by atoms with Gasteiger partial charge >= 0.3 is 0 Å². The van der Waals surface area contributed by atoms with Gasteiger partial charge in [0.05, 0.1) is 12.8 Å². The Hall–Kier alpha value is -4.64. The molecule has 0 fully saturated rings. The summed E-state index contributed by atoms with van der Waals surface area (Å²) in [6, 6.07) is 16.0. The second-order valence-electron chi connectivity index (χ2n) is 7.37. The number of furan rings is 1. The van der Waals surface area contributed by atoms with Crippen LogP contribution in [0.1, 0.15) is 22.5 Å². The normalized spacial score (nSPS) is 11.2. The van der Waals surface area contributed by atoms with Gasteiger partial charge in [0, 0.05) is 6.20 Å². The minimum atomic E-state index is -0.649. The number of rotatable bonds is 6. The molecular formula is C25H20N4O4. The Morgan fingerprint density at radius 2 is 2.00 bits per heavy atom. The van der Waals surface area contributed by atoms with Crippen LogP contribution in [0.5, 0.6) is 11.6 Å². The van der Waals surface area contributed by atoms with Gasteiger partial charge in [-0.15, -0.1) is 0 Å².